The Bertz CT molecular complexity index is 1140. The zero-order chi connectivity index (χ0) is 20.6. The van der Waals surface area contributed by atoms with Gasteiger partial charge < -0.3 is 15.1 Å². The number of anilines is 1. The molecule has 0 aliphatic carbocycles. The normalized spacial score (nSPS) is 17.8. The Morgan fingerprint density at radius 1 is 0.900 bits per heavy atom. The van der Waals surface area contributed by atoms with Crippen molar-refractivity contribution in [1.82, 2.24) is 10.2 Å². The van der Waals surface area contributed by atoms with Crippen LogP contribution in [-0.2, 0) is 9.59 Å². The number of piperidine rings is 1. The molecule has 3 aromatic rings. The molecule has 0 bridgehead atoms. The molecular weight excluding hydrogens is 374 g/mol. The number of amides is 1. The Balaban J connectivity index is 1.40. The van der Waals surface area contributed by atoms with Crippen LogP contribution in [0.5, 0.6) is 0 Å². The standard InChI is InChI=1S/C25H23N3O2/c29-17-23(21-11-10-19-6-4-5-7-20(19)16-21)27-14-12-25(13-15-27)24(30)26-18-28(25)22-8-2-1-3-9-22/h1-11,16H,12-15,18H2,(H,26,30). The first-order chi connectivity index (χ1) is 14.7. The predicted molar refractivity (Wildman–Crippen MR) is 119 cm³/mol. The van der Waals surface area contributed by atoms with Crippen LogP contribution in [0.15, 0.2) is 72.8 Å². The quantitative estimate of drug-likeness (QED) is 0.688. The van der Waals surface area contributed by atoms with Crippen molar-refractivity contribution in [3.8, 4) is 0 Å². The van der Waals surface area contributed by atoms with Gasteiger partial charge in [-0.05, 0) is 41.8 Å². The molecule has 5 heteroatoms. The van der Waals surface area contributed by atoms with Crippen molar-refractivity contribution < 1.29 is 9.59 Å². The van der Waals surface area contributed by atoms with E-state index in [0.29, 0.717) is 38.3 Å². The van der Waals surface area contributed by atoms with Crippen LogP contribution in [0.2, 0.25) is 0 Å². The lowest BCUT2D eigenvalue weighted by Crippen LogP contribution is -2.56. The molecule has 1 spiro atoms. The molecule has 2 heterocycles. The summed E-state index contributed by atoms with van der Waals surface area (Å²) in [4.78, 5) is 29.0. The molecule has 2 saturated heterocycles. The van der Waals surface area contributed by atoms with E-state index in [0.717, 1.165) is 22.0 Å². The molecular formula is C25H23N3O2. The van der Waals surface area contributed by atoms with E-state index in [1.165, 1.54) is 0 Å². The molecule has 2 aliphatic rings. The highest BCUT2D eigenvalue weighted by Crippen LogP contribution is 2.37. The predicted octanol–water partition coefficient (Wildman–Crippen LogP) is 3.44. The molecule has 1 amide bonds. The van der Waals surface area contributed by atoms with Gasteiger partial charge in [-0.1, -0.05) is 54.6 Å². The molecule has 5 nitrogen and oxygen atoms in total. The molecule has 0 aromatic heterocycles. The van der Waals surface area contributed by atoms with Gasteiger partial charge in [0.1, 0.15) is 11.2 Å². The van der Waals surface area contributed by atoms with Crippen LogP contribution < -0.4 is 10.2 Å². The highest BCUT2D eigenvalue weighted by molar-refractivity contribution is 5.94. The third-order valence-electron chi connectivity index (χ3n) is 6.43. The van der Waals surface area contributed by atoms with Crippen molar-refractivity contribution in [3.63, 3.8) is 0 Å². The molecule has 0 saturated carbocycles. The van der Waals surface area contributed by atoms with Gasteiger partial charge in [0.2, 0.25) is 5.91 Å². The number of hydrogen-bond donors (Lipinski definition) is 1. The fourth-order valence-electron chi connectivity index (χ4n) is 4.78. The molecule has 150 valence electrons. The molecule has 5 rings (SSSR count). The maximum Gasteiger partial charge on any atom is 0.247 e. The largest absolute Gasteiger partial charge is 0.362 e. The van der Waals surface area contributed by atoms with Gasteiger partial charge in [-0.25, -0.2) is 4.79 Å². The van der Waals surface area contributed by atoms with Gasteiger partial charge in [-0.3, -0.25) is 4.79 Å². The van der Waals surface area contributed by atoms with Gasteiger partial charge in [0.15, 0.2) is 5.94 Å². The number of para-hydroxylation sites is 1. The average Bonchev–Trinajstić information content (AvgIpc) is 3.11. The Hall–Kier alpha value is -3.56. The lowest BCUT2D eigenvalue weighted by atomic mass is 9.85. The lowest BCUT2D eigenvalue weighted by Gasteiger charge is -2.44. The Labute approximate surface area is 175 Å². The number of hydrogen-bond acceptors (Lipinski definition) is 4. The third-order valence-corrected chi connectivity index (χ3v) is 6.43. The summed E-state index contributed by atoms with van der Waals surface area (Å²) in [7, 11) is 0. The fourth-order valence-corrected chi connectivity index (χ4v) is 4.78. The van der Waals surface area contributed by atoms with Gasteiger partial charge in [-0.2, -0.15) is 0 Å². The topological polar surface area (TPSA) is 52.7 Å². The van der Waals surface area contributed by atoms with Crippen molar-refractivity contribution in [2.75, 3.05) is 24.7 Å². The van der Waals surface area contributed by atoms with Crippen LogP contribution >= 0.6 is 0 Å². The highest BCUT2D eigenvalue weighted by Gasteiger charge is 2.50. The molecule has 2 aliphatic heterocycles. The second-order valence-electron chi connectivity index (χ2n) is 7.96. The number of rotatable bonds is 3. The number of benzene rings is 3. The van der Waals surface area contributed by atoms with E-state index in [4.69, 9.17) is 0 Å². The second-order valence-corrected chi connectivity index (χ2v) is 7.96. The van der Waals surface area contributed by atoms with Crippen LogP contribution in [0.25, 0.3) is 16.5 Å². The smallest absolute Gasteiger partial charge is 0.247 e. The van der Waals surface area contributed by atoms with Crippen molar-refractivity contribution >= 4 is 34.0 Å². The summed E-state index contributed by atoms with van der Waals surface area (Å²) < 4.78 is 0. The van der Waals surface area contributed by atoms with E-state index in [9.17, 15) is 9.59 Å². The third kappa shape index (κ3) is 2.95. The van der Waals surface area contributed by atoms with E-state index in [-0.39, 0.29) is 5.91 Å². The number of fused-ring (bicyclic) bond motifs is 1. The number of nitrogens with one attached hydrogen (secondary N) is 1. The van der Waals surface area contributed by atoms with Gasteiger partial charge in [0, 0.05) is 24.3 Å². The molecule has 0 atom stereocenters. The summed E-state index contributed by atoms with van der Waals surface area (Å²) in [6.45, 7) is 1.78. The van der Waals surface area contributed by atoms with Crippen molar-refractivity contribution in [3.05, 3.63) is 78.4 Å². The van der Waals surface area contributed by atoms with Crippen molar-refractivity contribution in [1.29, 1.82) is 0 Å². The minimum Gasteiger partial charge on any atom is -0.362 e. The molecule has 3 aromatic carbocycles. The molecule has 2 fully saturated rings. The average molecular weight is 397 g/mol. The first-order valence-corrected chi connectivity index (χ1v) is 10.3. The molecule has 0 unspecified atom stereocenters. The van der Waals surface area contributed by atoms with Gasteiger partial charge in [0.25, 0.3) is 0 Å². The summed E-state index contributed by atoms with van der Waals surface area (Å²) >= 11 is 0. The summed E-state index contributed by atoms with van der Waals surface area (Å²) in [6.07, 6.45) is 1.32. The number of nitrogens with zero attached hydrogens (tertiary/aromatic N) is 2. The van der Waals surface area contributed by atoms with E-state index >= 15 is 0 Å². The highest BCUT2D eigenvalue weighted by atomic mass is 16.2. The van der Waals surface area contributed by atoms with Gasteiger partial charge >= 0.3 is 0 Å². The van der Waals surface area contributed by atoms with Crippen LogP contribution in [0.1, 0.15) is 18.4 Å². The lowest BCUT2D eigenvalue weighted by molar-refractivity contribution is -0.124. The number of likely N-dealkylation sites (tertiary alicyclic amines) is 1. The zero-order valence-corrected chi connectivity index (χ0v) is 16.7. The number of carbonyl (C=O) groups excluding carboxylic acids is 2. The first-order valence-electron chi connectivity index (χ1n) is 10.3. The van der Waals surface area contributed by atoms with E-state index in [1.54, 1.807) is 0 Å². The molecule has 0 radical (unpaired) electrons. The second kappa shape index (κ2) is 7.36. The summed E-state index contributed by atoms with van der Waals surface area (Å²) in [5.41, 5.74) is 1.93. The number of carbonyl (C=O) groups is 1. The maximum absolute atomic E-state index is 12.8. The SMILES string of the molecule is O=C=C(c1ccc2ccccc2c1)N1CCC2(CC1)C(=O)NCN2c1ccccc1. The Morgan fingerprint density at radius 3 is 2.33 bits per heavy atom. The van der Waals surface area contributed by atoms with Crippen LogP contribution in [0, 0.1) is 0 Å². The molecule has 1 N–H and O–H groups in total. The summed E-state index contributed by atoms with van der Waals surface area (Å²) in [5, 5.41) is 5.27. The molecule has 30 heavy (non-hydrogen) atoms. The van der Waals surface area contributed by atoms with Crippen molar-refractivity contribution in [2.45, 2.75) is 18.4 Å². The summed E-state index contributed by atoms with van der Waals surface area (Å²) in [6, 6.07) is 24.2. The van der Waals surface area contributed by atoms with Crippen LogP contribution in [-0.4, -0.2) is 42.0 Å². The minimum atomic E-state index is -0.560. The minimum absolute atomic E-state index is 0.0772. The fraction of sp³-hybridized carbons (Fsp3) is 0.240. The Kier molecular flexibility index (Phi) is 4.53. The zero-order valence-electron chi connectivity index (χ0n) is 16.7. The van der Waals surface area contributed by atoms with Gasteiger partial charge in [-0.15, -0.1) is 0 Å². The van der Waals surface area contributed by atoms with Crippen LogP contribution in [0.3, 0.4) is 0 Å². The Morgan fingerprint density at radius 2 is 1.60 bits per heavy atom. The maximum atomic E-state index is 12.8. The van der Waals surface area contributed by atoms with E-state index < -0.39 is 5.54 Å². The van der Waals surface area contributed by atoms with Gasteiger partial charge in [0.05, 0.1) is 6.67 Å². The van der Waals surface area contributed by atoms with Crippen LogP contribution in [0.4, 0.5) is 5.69 Å². The first kappa shape index (κ1) is 18.5. The monoisotopic (exact) mass is 397 g/mol. The summed E-state index contributed by atoms with van der Waals surface area (Å²) in [5.74, 6) is 2.24. The van der Waals surface area contributed by atoms with E-state index in [2.05, 4.69) is 27.1 Å². The van der Waals surface area contributed by atoms with E-state index in [1.807, 2.05) is 66.7 Å². The van der Waals surface area contributed by atoms with Crippen molar-refractivity contribution in [2.24, 2.45) is 0 Å².